The minimum absolute atomic E-state index is 0.0584. The average Bonchev–Trinajstić information content (AvgIpc) is 2.92. The van der Waals surface area contributed by atoms with Crippen molar-refractivity contribution in [1.29, 1.82) is 0 Å². The summed E-state index contributed by atoms with van der Waals surface area (Å²) in [6, 6.07) is 3.95. The molecule has 2 atom stereocenters. The Morgan fingerprint density at radius 2 is 2.16 bits per heavy atom. The fraction of sp³-hybridized carbons (Fsp3) is 0.412. The summed E-state index contributed by atoms with van der Waals surface area (Å²) in [5.74, 6) is -1.19. The van der Waals surface area contributed by atoms with Crippen LogP contribution in [0.3, 0.4) is 0 Å². The number of nitrogens with one attached hydrogen (secondary N) is 1. The second kappa shape index (κ2) is 7.78. The van der Waals surface area contributed by atoms with Gasteiger partial charge in [-0.15, -0.1) is 11.3 Å². The molecule has 1 saturated heterocycles. The Hall–Kier alpha value is -1.54. The summed E-state index contributed by atoms with van der Waals surface area (Å²) in [6.07, 6.45) is 0.379. The number of halogens is 2. The minimum atomic E-state index is -0.655. The van der Waals surface area contributed by atoms with Gasteiger partial charge in [0.25, 0.3) is 5.91 Å². The van der Waals surface area contributed by atoms with Gasteiger partial charge in [0.1, 0.15) is 5.82 Å². The predicted molar refractivity (Wildman–Crippen MR) is 96.8 cm³/mol. The van der Waals surface area contributed by atoms with Crippen LogP contribution in [0.2, 0.25) is 5.02 Å². The van der Waals surface area contributed by atoms with Crippen molar-refractivity contribution in [2.75, 3.05) is 18.4 Å². The number of thiazole rings is 1. The lowest BCUT2D eigenvalue weighted by Gasteiger charge is -2.34. The number of carbonyl (C=O) groups is 1. The predicted octanol–water partition coefficient (Wildman–Crippen LogP) is 3.80. The minimum Gasteiger partial charge on any atom is -0.373 e. The first-order valence-electron chi connectivity index (χ1n) is 7.99. The van der Waals surface area contributed by atoms with E-state index in [1.807, 2.05) is 5.38 Å². The third-order valence-corrected chi connectivity index (χ3v) is 4.87. The van der Waals surface area contributed by atoms with E-state index in [4.69, 9.17) is 16.3 Å². The van der Waals surface area contributed by atoms with Crippen LogP contribution in [0.5, 0.6) is 0 Å². The van der Waals surface area contributed by atoms with Crippen LogP contribution in [0.15, 0.2) is 23.6 Å². The monoisotopic (exact) mass is 383 g/mol. The lowest BCUT2D eigenvalue weighted by Crippen LogP contribution is -2.44. The molecule has 3 rings (SSSR count). The number of morpholine rings is 1. The van der Waals surface area contributed by atoms with Crippen LogP contribution in [0, 0.1) is 5.82 Å². The molecule has 1 aromatic carbocycles. The fourth-order valence-electron chi connectivity index (χ4n) is 2.92. The topological polar surface area (TPSA) is 54.5 Å². The number of benzene rings is 1. The molecule has 1 N–H and O–H groups in total. The van der Waals surface area contributed by atoms with Crippen LogP contribution in [0.4, 0.5) is 9.52 Å². The first-order valence-corrected chi connectivity index (χ1v) is 9.25. The van der Waals surface area contributed by atoms with E-state index < -0.39 is 11.7 Å². The normalized spacial score (nSPS) is 21.3. The van der Waals surface area contributed by atoms with E-state index in [2.05, 4.69) is 29.0 Å². The molecule has 0 aliphatic carbocycles. The third-order valence-electron chi connectivity index (χ3n) is 3.83. The molecular formula is C17H19ClFN3O2S. The van der Waals surface area contributed by atoms with Crippen LogP contribution >= 0.6 is 22.9 Å². The van der Waals surface area contributed by atoms with E-state index in [1.165, 1.54) is 23.5 Å². The average molecular weight is 384 g/mol. The van der Waals surface area contributed by atoms with Crippen LogP contribution in [0.1, 0.15) is 29.9 Å². The van der Waals surface area contributed by atoms with Crippen molar-refractivity contribution in [2.24, 2.45) is 0 Å². The lowest BCUT2D eigenvalue weighted by molar-refractivity contribution is -0.0707. The Balaban J connectivity index is 1.62. The number of carbonyl (C=O) groups excluding carboxylic acids is 1. The zero-order chi connectivity index (χ0) is 18.0. The second-order valence-corrected chi connectivity index (χ2v) is 7.47. The molecule has 8 heteroatoms. The largest absolute Gasteiger partial charge is 0.373 e. The van der Waals surface area contributed by atoms with Gasteiger partial charge in [0, 0.05) is 30.0 Å². The van der Waals surface area contributed by atoms with E-state index in [9.17, 15) is 9.18 Å². The molecule has 1 aliphatic heterocycles. The molecule has 0 bridgehead atoms. The maximum Gasteiger partial charge on any atom is 0.260 e. The molecule has 0 spiro atoms. The van der Waals surface area contributed by atoms with Gasteiger partial charge in [0.05, 0.1) is 23.5 Å². The van der Waals surface area contributed by atoms with E-state index in [-0.39, 0.29) is 22.8 Å². The molecule has 1 fully saturated rings. The van der Waals surface area contributed by atoms with Gasteiger partial charge in [-0.05, 0) is 32.0 Å². The number of amides is 1. The number of aromatic nitrogens is 1. The Morgan fingerprint density at radius 1 is 1.44 bits per heavy atom. The van der Waals surface area contributed by atoms with Crippen LogP contribution < -0.4 is 5.32 Å². The second-order valence-electron chi connectivity index (χ2n) is 6.17. The smallest absolute Gasteiger partial charge is 0.260 e. The van der Waals surface area contributed by atoms with E-state index >= 15 is 0 Å². The molecule has 25 heavy (non-hydrogen) atoms. The van der Waals surface area contributed by atoms with Crippen LogP contribution in [0.25, 0.3) is 0 Å². The lowest BCUT2D eigenvalue weighted by atomic mass is 10.2. The summed E-state index contributed by atoms with van der Waals surface area (Å²) in [5.41, 5.74) is 0.815. The number of hydrogen-bond acceptors (Lipinski definition) is 5. The molecule has 0 unspecified atom stereocenters. The van der Waals surface area contributed by atoms with E-state index in [1.54, 1.807) is 0 Å². The molecule has 2 heterocycles. The summed E-state index contributed by atoms with van der Waals surface area (Å²) in [7, 11) is 0. The quantitative estimate of drug-likeness (QED) is 0.872. The van der Waals surface area contributed by atoms with Gasteiger partial charge in [-0.25, -0.2) is 9.37 Å². The maximum atomic E-state index is 13.8. The van der Waals surface area contributed by atoms with Gasteiger partial charge in [-0.2, -0.15) is 0 Å². The van der Waals surface area contributed by atoms with E-state index in [0.717, 1.165) is 24.8 Å². The van der Waals surface area contributed by atoms with E-state index in [0.29, 0.717) is 11.7 Å². The Labute approximate surface area is 154 Å². The zero-order valence-corrected chi connectivity index (χ0v) is 15.5. The highest BCUT2D eigenvalue weighted by Gasteiger charge is 2.23. The first-order chi connectivity index (χ1) is 11.9. The van der Waals surface area contributed by atoms with Crippen LogP contribution in [-0.2, 0) is 11.3 Å². The highest BCUT2D eigenvalue weighted by molar-refractivity contribution is 7.13. The van der Waals surface area contributed by atoms with Crippen LogP contribution in [-0.4, -0.2) is 41.1 Å². The van der Waals surface area contributed by atoms with Gasteiger partial charge in [-0.1, -0.05) is 11.6 Å². The number of anilines is 1. The van der Waals surface area contributed by atoms with Gasteiger partial charge in [-0.3, -0.25) is 15.0 Å². The SMILES string of the molecule is C[C@@H]1CN(Cc2csc(NC(=O)c3ccc(Cl)cc3F)n2)C[C@H](C)O1. The molecule has 1 aliphatic rings. The number of nitrogens with zero attached hydrogens (tertiary/aromatic N) is 2. The molecule has 0 radical (unpaired) electrons. The molecular weight excluding hydrogens is 365 g/mol. The third kappa shape index (κ3) is 4.76. The molecule has 134 valence electrons. The van der Waals surface area contributed by atoms with Gasteiger partial charge < -0.3 is 4.74 Å². The van der Waals surface area contributed by atoms with Crippen molar-refractivity contribution < 1.29 is 13.9 Å². The van der Waals surface area contributed by atoms with Gasteiger partial charge in [0.2, 0.25) is 0 Å². The van der Waals surface area contributed by atoms with Crippen molar-refractivity contribution in [1.82, 2.24) is 9.88 Å². The Kier molecular flexibility index (Phi) is 5.68. The number of rotatable bonds is 4. The van der Waals surface area contributed by atoms with Crippen molar-refractivity contribution in [3.8, 4) is 0 Å². The maximum absolute atomic E-state index is 13.8. The number of ether oxygens (including phenoxy) is 1. The Bertz CT molecular complexity index is 760. The highest BCUT2D eigenvalue weighted by Crippen LogP contribution is 2.21. The zero-order valence-electron chi connectivity index (χ0n) is 14.0. The molecule has 5 nitrogen and oxygen atoms in total. The first kappa shape index (κ1) is 18.3. The molecule has 2 aromatic rings. The van der Waals surface area contributed by atoms with Crippen molar-refractivity contribution in [2.45, 2.75) is 32.6 Å². The fourth-order valence-corrected chi connectivity index (χ4v) is 3.77. The highest BCUT2D eigenvalue weighted by atomic mass is 35.5. The summed E-state index contributed by atoms with van der Waals surface area (Å²) < 4.78 is 19.5. The Morgan fingerprint density at radius 3 is 2.84 bits per heavy atom. The standard InChI is InChI=1S/C17H19ClFN3O2S/c1-10-6-22(7-11(2)24-10)8-13-9-25-17(20-13)21-16(23)14-4-3-12(18)5-15(14)19/h3-5,9-11H,6-8H2,1-2H3,(H,20,21,23)/t10-,11+. The van der Waals surface area contributed by atoms with Crippen molar-refractivity contribution in [3.05, 3.63) is 45.7 Å². The van der Waals surface area contributed by atoms with Crippen molar-refractivity contribution in [3.63, 3.8) is 0 Å². The summed E-state index contributed by atoms with van der Waals surface area (Å²) in [4.78, 5) is 18.9. The summed E-state index contributed by atoms with van der Waals surface area (Å²) in [6.45, 7) is 6.49. The molecule has 1 aromatic heterocycles. The van der Waals surface area contributed by atoms with Gasteiger partial charge >= 0.3 is 0 Å². The van der Waals surface area contributed by atoms with Crippen molar-refractivity contribution >= 4 is 34.0 Å². The summed E-state index contributed by atoms with van der Waals surface area (Å²) in [5, 5.41) is 5.23. The summed E-state index contributed by atoms with van der Waals surface area (Å²) >= 11 is 7.02. The van der Waals surface area contributed by atoms with Gasteiger partial charge in [0.15, 0.2) is 5.13 Å². The number of hydrogen-bond donors (Lipinski definition) is 1. The molecule has 0 saturated carbocycles. The molecule has 1 amide bonds.